The molecule has 0 aliphatic heterocycles. The topological polar surface area (TPSA) is 94.5 Å². The third kappa shape index (κ3) is 3.69. The summed E-state index contributed by atoms with van der Waals surface area (Å²) in [5.41, 5.74) is 0. The summed E-state index contributed by atoms with van der Waals surface area (Å²) in [6.45, 7) is -0.370. The molecule has 0 saturated carbocycles. The van der Waals surface area contributed by atoms with Crippen LogP contribution in [-0.2, 0) is 0 Å². The molecule has 0 aromatic carbocycles. The fraction of sp³-hybridized carbons (Fsp3) is 0.429. The summed E-state index contributed by atoms with van der Waals surface area (Å²) in [7, 11) is 0. The molecule has 0 bridgehead atoms. The van der Waals surface area contributed by atoms with Crippen molar-refractivity contribution in [3.8, 4) is 0 Å². The molecule has 7 heteroatoms. The van der Waals surface area contributed by atoms with Gasteiger partial charge in [0.05, 0.1) is 12.7 Å². The number of aromatic nitrogens is 1. The highest BCUT2D eigenvalue weighted by Gasteiger charge is 2.06. The molecule has 14 heavy (non-hydrogen) atoms. The van der Waals surface area contributed by atoms with E-state index in [9.17, 15) is 4.79 Å². The van der Waals surface area contributed by atoms with Crippen molar-refractivity contribution in [3.05, 3.63) is 11.6 Å². The predicted octanol–water partition coefficient (Wildman–Crippen LogP) is -0.382. The van der Waals surface area contributed by atoms with Crippen LogP contribution in [0, 0.1) is 0 Å². The van der Waals surface area contributed by atoms with Gasteiger partial charge in [0, 0.05) is 18.1 Å². The number of carbonyl (C=O) groups excluding carboxylic acids is 1. The molecule has 1 rings (SSSR count). The summed E-state index contributed by atoms with van der Waals surface area (Å²) in [6, 6.07) is -0.451. The first kappa shape index (κ1) is 10.9. The number of carbonyl (C=O) groups is 1. The van der Waals surface area contributed by atoms with Crippen LogP contribution in [0.1, 0.15) is 0 Å². The van der Waals surface area contributed by atoms with Crippen molar-refractivity contribution >= 4 is 22.5 Å². The minimum absolute atomic E-state index is 0.00765. The highest BCUT2D eigenvalue weighted by atomic mass is 32.1. The minimum atomic E-state index is -0.933. The SMILES string of the molecule is O=C(NC[C@H](O)CO)Nc1nccs1. The lowest BCUT2D eigenvalue weighted by atomic mass is 10.4. The molecule has 1 aromatic heterocycles. The fourth-order valence-electron chi connectivity index (χ4n) is 0.702. The molecule has 0 aliphatic rings. The van der Waals surface area contributed by atoms with E-state index < -0.39 is 12.1 Å². The monoisotopic (exact) mass is 217 g/mol. The molecule has 0 saturated heterocycles. The average molecular weight is 217 g/mol. The van der Waals surface area contributed by atoms with Crippen LogP contribution in [0.2, 0.25) is 0 Å². The number of aliphatic hydroxyl groups excluding tert-OH is 2. The fourth-order valence-corrected chi connectivity index (χ4v) is 1.23. The molecule has 6 nitrogen and oxygen atoms in total. The number of hydrogen-bond acceptors (Lipinski definition) is 5. The molecule has 0 spiro atoms. The Labute approximate surface area is 84.6 Å². The van der Waals surface area contributed by atoms with E-state index in [0.29, 0.717) is 5.13 Å². The molecule has 2 amide bonds. The zero-order chi connectivity index (χ0) is 10.4. The molecular weight excluding hydrogens is 206 g/mol. The summed E-state index contributed by atoms with van der Waals surface area (Å²) in [4.78, 5) is 14.9. The lowest BCUT2D eigenvalue weighted by Gasteiger charge is -2.08. The van der Waals surface area contributed by atoms with Gasteiger partial charge in [-0.3, -0.25) is 5.32 Å². The van der Waals surface area contributed by atoms with Gasteiger partial charge < -0.3 is 15.5 Å². The Morgan fingerprint density at radius 1 is 1.71 bits per heavy atom. The van der Waals surface area contributed by atoms with Crippen LogP contribution in [0.15, 0.2) is 11.6 Å². The van der Waals surface area contributed by atoms with E-state index in [-0.39, 0.29) is 13.2 Å². The van der Waals surface area contributed by atoms with Gasteiger partial charge in [-0.05, 0) is 0 Å². The first-order chi connectivity index (χ1) is 6.72. The molecule has 4 N–H and O–H groups in total. The van der Waals surface area contributed by atoms with Crippen LogP contribution < -0.4 is 10.6 Å². The maximum Gasteiger partial charge on any atom is 0.321 e. The quantitative estimate of drug-likeness (QED) is 0.553. The van der Waals surface area contributed by atoms with Crippen LogP contribution in [0.5, 0.6) is 0 Å². The Morgan fingerprint density at radius 3 is 3.07 bits per heavy atom. The third-order valence-electron chi connectivity index (χ3n) is 1.36. The van der Waals surface area contributed by atoms with Crippen LogP contribution in [0.25, 0.3) is 0 Å². The van der Waals surface area contributed by atoms with Gasteiger partial charge in [-0.25, -0.2) is 9.78 Å². The molecule has 0 radical (unpaired) electrons. The van der Waals surface area contributed by atoms with E-state index in [0.717, 1.165) is 0 Å². The third-order valence-corrected chi connectivity index (χ3v) is 2.05. The van der Waals surface area contributed by atoms with Gasteiger partial charge in [0.25, 0.3) is 0 Å². The van der Waals surface area contributed by atoms with Crippen LogP contribution in [0.4, 0.5) is 9.93 Å². The number of urea groups is 1. The maximum atomic E-state index is 11.1. The molecule has 1 heterocycles. The van der Waals surface area contributed by atoms with Crippen molar-refractivity contribution in [3.63, 3.8) is 0 Å². The molecule has 0 aliphatic carbocycles. The van der Waals surface area contributed by atoms with Gasteiger partial charge in [0.1, 0.15) is 0 Å². The van der Waals surface area contributed by atoms with Crippen LogP contribution in [0.3, 0.4) is 0 Å². The molecular formula is C7H11N3O3S. The van der Waals surface area contributed by atoms with Crippen molar-refractivity contribution in [2.24, 2.45) is 0 Å². The number of amides is 2. The van der Waals surface area contributed by atoms with Gasteiger partial charge >= 0.3 is 6.03 Å². The van der Waals surface area contributed by atoms with Crippen molar-refractivity contribution in [1.29, 1.82) is 0 Å². The van der Waals surface area contributed by atoms with E-state index in [1.165, 1.54) is 11.3 Å². The van der Waals surface area contributed by atoms with E-state index in [2.05, 4.69) is 15.6 Å². The van der Waals surface area contributed by atoms with Crippen molar-refractivity contribution in [2.75, 3.05) is 18.5 Å². The average Bonchev–Trinajstić information content (AvgIpc) is 2.66. The van der Waals surface area contributed by atoms with Gasteiger partial charge in [0.2, 0.25) is 0 Å². The standard InChI is InChI=1S/C7H11N3O3S/c11-4-5(12)3-9-6(13)10-7-8-1-2-14-7/h1-2,5,11-12H,3-4H2,(H2,8,9,10,13)/t5-/m0/s1. The Balaban J connectivity index is 2.23. The van der Waals surface area contributed by atoms with Gasteiger partial charge in [0.15, 0.2) is 5.13 Å². The summed E-state index contributed by atoms with van der Waals surface area (Å²) in [6.07, 6.45) is 0.639. The minimum Gasteiger partial charge on any atom is -0.394 e. The molecule has 0 fully saturated rings. The van der Waals surface area contributed by atoms with Crippen LogP contribution in [-0.4, -0.2) is 40.5 Å². The van der Waals surface area contributed by atoms with E-state index in [1.807, 2.05) is 0 Å². The van der Waals surface area contributed by atoms with Crippen molar-refractivity contribution in [2.45, 2.75) is 6.10 Å². The van der Waals surface area contributed by atoms with Crippen molar-refractivity contribution < 1.29 is 15.0 Å². The Kier molecular flexibility index (Phi) is 4.30. The van der Waals surface area contributed by atoms with Crippen molar-refractivity contribution in [1.82, 2.24) is 10.3 Å². The van der Waals surface area contributed by atoms with Crippen LogP contribution >= 0.6 is 11.3 Å². The van der Waals surface area contributed by atoms with E-state index in [4.69, 9.17) is 10.2 Å². The molecule has 0 unspecified atom stereocenters. The van der Waals surface area contributed by atoms with E-state index in [1.54, 1.807) is 11.6 Å². The second-order valence-corrected chi connectivity index (χ2v) is 3.40. The second-order valence-electron chi connectivity index (χ2n) is 2.51. The lowest BCUT2D eigenvalue weighted by molar-refractivity contribution is 0.0965. The smallest absolute Gasteiger partial charge is 0.321 e. The first-order valence-corrected chi connectivity index (χ1v) is 4.83. The van der Waals surface area contributed by atoms with E-state index >= 15 is 0 Å². The number of rotatable bonds is 4. The van der Waals surface area contributed by atoms with Gasteiger partial charge in [-0.15, -0.1) is 11.3 Å². The number of nitrogens with one attached hydrogen (secondary N) is 2. The second kappa shape index (κ2) is 5.53. The molecule has 1 aromatic rings. The molecule has 78 valence electrons. The highest BCUT2D eigenvalue weighted by molar-refractivity contribution is 7.13. The van der Waals surface area contributed by atoms with Gasteiger partial charge in [-0.1, -0.05) is 0 Å². The summed E-state index contributed by atoms with van der Waals surface area (Å²) >= 11 is 1.30. The lowest BCUT2D eigenvalue weighted by Crippen LogP contribution is -2.36. The summed E-state index contributed by atoms with van der Waals surface area (Å²) in [5, 5.41) is 24.5. The Morgan fingerprint density at radius 2 is 2.50 bits per heavy atom. The zero-order valence-electron chi connectivity index (χ0n) is 7.30. The number of nitrogens with zero attached hydrogens (tertiary/aromatic N) is 1. The molecule has 1 atom stereocenters. The number of anilines is 1. The number of thiazole rings is 1. The predicted molar refractivity (Wildman–Crippen MR) is 52.2 cm³/mol. The maximum absolute atomic E-state index is 11.1. The number of hydrogen-bond donors (Lipinski definition) is 4. The highest BCUT2D eigenvalue weighted by Crippen LogP contribution is 2.09. The number of aliphatic hydroxyl groups is 2. The normalized spacial score (nSPS) is 12.1. The Bertz CT molecular complexity index is 278. The zero-order valence-corrected chi connectivity index (χ0v) is 8.12. The summed E-state index contributed by atoms with van der Waals surface area (Å²) in [5.74, 6) is 0. The Hall–Kier alpha value is -1.18. The largest absolute Gasteiger partial charge is 0.394 e. The summed E-state index contributed by atoms with van der Waals surface area (Å²) < 4.78 is 0. The van der Waals surface area contributed by atoms with Gasteiger partial charge in [-0.2, -0.15) is 0 Å². The first-order valence-electron chi connectivity index (χ1n) is 3.95.